The highest BCUT2D eigenvalue weighted by molar-refractivity contribution is 7.47. The molecule has 0 saturated heterocycles. The van der Waals surface area contributed by atoms with Crippen LogP contribution in [0.3, 0.4) is 0 Å². The Morgan fingerprint density at radius 1 is 0.574 bits per heavy atom. The molecule has 0 aliphatic rings. The van der Waals surface area contributed by atoms with Gasteiger partial charge in [0, 0.05) is 6.42 Å². The smallest absolute Gasteiger partial charge is 0.472 e. The van der Waals surface area contributed by atoms with Gasteiger partial charge in [-0.1, -0.05) is 159 Å². The van der Waals surface area contributed by atoms with Gasteiger partial charge in [-0.05, 0) is 63.9 Å². The topological polar surface area (TPSA) is 132 Å². The standard InChI is InChI=1S/C44H81O9P/c1-3-5-7-9-11-13-15-17-19-20-21-23-25-27-29-31-33-35-37-50-40-43(41-52-54(48,49)51-39-42(46)38-45)53-44(47)36-34-32-30-28-26-24-22-18-16-14-12-10-8-6-4-2/h12,14,18,22,26,28,35,37,42-43,45-46H,3-11,13,15-17,19-21,23-25,27,29-34,36,38-41H2,1-2H3,(H,48,49)/b14-12-,22-18-,28-26-,37-35-/t42-,43+/m0/s1. The second kappa shape index (κ2) is 40.9. The molecule has 0 rings (SSSR count). The number of ether oxygens (including phenoxy) is 2. The predicted molar refractivity (Wildman–Crippen MR) is 223 cm³/mol. The van der Waals surface area contributed by atoms with E-state index in [0.29, 0.717) is 6.42 Å². The Kier molecular flexibility index (Phi) is 39.6. The third kappa shape index (κ3) is 39.9. The normalized spacial score (nSPS) is 14.5. The van der Waals surface area contributed by atoms with E-state index < -0.39 is 45.8 Å². The highest BCUT2D eigenvalue weighted by Crippen LogP contribution is 2.43. The quantitative estimate of drug-likeness (QED) is 0.0182. The molecule has 0 aromatic heterocycles. The second-order valence-electron chi connectivity index (χ2n) is 14.4. The molecular formula is C44H81O9P. The second-order valence-corrected chi connectivity index (χ2v) is 15.9. The summed E-state index contributed by atoms with van der Waals surface area (Å²) in [5, 5.41) is 18.3. The van der Waals surface area contributed by atoms with E-state index in [9.17, 15) is 19.4 Å². The lowest BCUT2D eigenvalue weighted by molar-refractivity contribution is -0.153. The third-order valence-corrected chi connectivity index (χ3v) is 10.0. The Bertz CT molecular complexity index is 981. The summed E-state index contributed by atoms with van der Waals surface area (Å²) in [4.78, 5) is 22.5. The first-order chi connectivity index (χ1) is 26.3. The first-order valence-electron chi connectivity index (χ1n) is 21.7. The minimum absolute atomic E-state index is 0.0502. The van der Waals surface area contributed by atoms with E-state index in [1.54, 1.807) is 6.26 Å². The summed E-state index contributed by atoms with van der Waals surface area (Å²) in [6, 6.07) is 0. The lowest BCUT2D eigenvalue weighted by atomic mass is 10.0. The van der Waals surface area contributed by atoms with Gasteiger partial charge in [-0.25, -0.2) is 4.57 Å². The van der Waals surface area contributed by atoms with Crippen molar-refractivity contribution in [1.82, 2.24) is 0 Å². The number of aliphatic hydroxyl groups is 2. The van der Waals surface area contributed by atoms with Crippen LogP contribution in [-0.2, 0) is 27.9 Å². The molecule has 1 unspecified atom stereocenters. The molecule has 0 heterocycles. The van der Waals surface area contributed by atoms with Crippen LogP contribution in [0.5, 0.6) is 0 Å². The lowest BCUT2D eigenvalue weighted by Crippen LogP contribution is -2.28. The zero-order valence-electron chi connectivity index (χ0n) is 34.4. The highest BCUT2D eigenvalue weighted by atomic mass is 31.2. The average Bonchev–Trinajstić information content (AvgIpc) is 3.16. The summed E-state index contributed by atoms with van der Waals surface area (Å²) in [6.45, 7) is 2.82. The number of hydrogen-bond donors (Lipinski definition) is 3. The van der Waals surface area contributed by atoms with E-state index in [-0.39, 0.29) is 13.0 Å². The molecule has 0 spiro atoms. The van der Waals surface area contributed by atoms with Crippen molar-refractivity contribution >= 4 is 13.8 Å². The Balaban J connectivity index is 4.27. The molecule has 0 aromatic rings. The first kappa shape index (κ1) is 52.3. The fraction of sp³-hybridized carbons (Fsp3) is 0.795. The van der Waals surface area contributed by atoms with E-state index in [1.807, 2.05) is 6.08 Å². The number of aliphatic hydroxyl groups excluding tert-OH is 2. The van der Waals surface area contributed by atoms with E-state index in [0.717, 1.165) is 44.9 Å². The van der Waals surface area contributed by atoms with Crippen LogP contribution in [0.25, 0.3) is 0 Å². The van der Waals surface area contributed by atoms with Crippen LogP contribution in [0.1, 0.15) is 187 Å². The van der Waals surface area contributed by atoms with Gasteiger partial charge >= 0.3 is 13.8 Å². The van der Waals surface area contributed by atoms with E-state index >= 15 is 0 Å². The molecule has 0 bridgehead atoms. The van der Waals surface area contributed by atoms with Crippen molar-refractivity contribution in [3.8, 4) is 0 Å². The number of hydrogen-bond acceptors (Lipinski definition) is 8. The summed E-state index contributed by atoms with van der Waals surface area (Å²) in [5.41, 5.74) is 0. The molecule has 3 atom stereocenters. The van der Waals surface area contributed by atoms with Crippen molar-refractivity contribution in [3.63, 3.8) is 0 Å². The van der Waals surface area contributed by atoms with Gasteiger partial charge in [-0.3, -0.25) is 13.8 Å². The molecule has 9 nitrogen and oxygen atoms in total. The number of rotatable bonds is 41. The van der Waals surface area contributed by atoms with Crippen molar-refractivity contribution in [2.75, 3.05) is 26.4 Å². The minimum Gasteiger partial charge on any atom is -0.498 e. The van der Waals surface area contributed by atoms with Crippen molar-refractivity contribution in [3.05, 3.63) is 48.8 Å². The summed E-state index contributed by atoms with van der Waals surface area (Å²) < 4.78 is 33.1. The molecule has 0 fully saturated rings. The molecule has 54 heavy (non-hydrogen) atoms. The number of carbonyl (C=O) groups excluding carboxylic acids is 1. The largest absolute Gasteiger partial charge is 0.498 e. The third-order valence-electron chi connectivity index (χ3n) is 9.08. The van der Waals surface area contributed by atoms with Gasteiger partial charge in [0.25, 0.3) is 0 Å². The summed E-state index contributed by atoms with van der Waals surface area (Å²) >= 11 is 0. The van der Waals surface area contributed by atoms with Crippen molar-refractivity contribution in [1.29, 1.82) is 0 Å². The number of phosphoric acid groups is 1. The van der Waals surface area contributed by atoms with Gasteiger partial charge in [0.05, 0.1) is 26.1 Å². The van der Waals surface area contributed by atoms with Gasteiger partial charge in [0.15, 0.2) is 6.10 Å². The number of esters is 1. The van der Waals surface area contributed by atoms with Gasteiger partial charge in [0.1, 0.15) is 12.7 Å². The maximum absolute atomic E-state index is 12.6. The minimum atomic E-state index is -4.54. The molecule has 0 radical (unpaired) electrons. The Morgan fingerprint density at radius 2 is 1.00 bits per heavy atom. The fourth-order valence-corrected chi connectivity index (χ4v) is 6.53. The SMILES string of the molecule is CCCCC/C=C\C/C=C\C/C=C\CCCCC(=O)O[C@H](CO/C=C\CCCCCCCCCCCCCCCCCC)COP(=O)(O)OC[C@@H](O)CO. The van der Waals surface area contributed by atoms with Crippen LogP contribution in [0, 0.1) is 0 Å². The molecule has 0 saturated carbocycles. The Morgan fingerprint density at radius 3 is 1.54 bits per heavy atom. The number of unbranched alkanes of at least 4 members (excludes halogenated alkanes) is 21. The molecular weight excluding hydrogens is 703 g/mol. The number of phosphoric ester groups is 1. The van der Waals surface area contributed by atoms with Crippen LogP contribution in [0.15, 0.2) is 48.8 Å². The molecule has 10 heteroatoms. The summed E-state index contributed by atoms with van der Waals surface area (Å²) in [7, 11) is -4.54. The number of allylic oxidation sites excluding steroid dienone is 7. The van der Waals surface area contributed by atoms with Crippen LogP contribution in [-0.4, -0.2) is 59.7 Å². The van der Waals surface area contributed by atoms with Crippen molar-refractivity contribution in [2.24, 2.45) is 0 Å². The molecule has 0 aliphatic heterocycles. The Hall–Kier alpha value is -1.74. The Labute approximate surface area is 330 Å². The van der Waals surface area contributed by atoms with Crippen LogP contribution in [0.2, 0.25) is 0 Å². The predicted octanol–water partition coefficient (Wildman–Crippen LogP) is 12.2. The van der Waals surface area contributed by atoms with Crippen LogP contribution < -0.4 is 0 Å². The van der Waals surface area contributed by atoms with Gasteiger partial charge < -0.3 is 24.6 Å². The monoisotopic (exact) mass is 785 g/mol. The molecule has 0 aromatic carbocycles. The number of carbonyl (C=O) groups is 1. The molecule has 0 aliphatic carbocycles. The molecule has 3 N–H and O–H groups in total. The van der Waals surface area contributed by atoms with Crippen LogP contribution >= 0.6 is 7.82 Å². The summed E-state index contributed by atoms with van der Waals surface area (Å²) in [6.07, 6.45) is 45.9. The lowest BCUT2D eigenvalue weighted by Gasteiger charge is -2.20. The van der Waals surface area contributed by atoms with Gasteiger partial charge in [0.2, 0.25) is 0 Å². The highest BCUT2D eigenvalue weighted by Gasteiger charge is 2.26. The summed E-state index contributed by atoms with van der Waals surface area (Å²) in [5.74, 6) is -0.441. The van der Waals surface area contributed by atoms with Gasteiger partial charge in [-0.15, -0.1) is 0 Å². The molecule has 0 amide bonds. The average molecular weight is 785 g/mol. The zero-order valence-corrected chi connectivity index (χ0v) is 35.3. The first-order valence-corrected chi connectivity index (χ1v) is 23.2. The van der Waals surface area contributed by atoms with E-state index in [1.165, 1.54) is 116 Å². The van der Waals surface area contributed by atoms with Crippen molar-refractivity contribution in [2.45, 2.75) is 199 Å². The zero-order chi connectivity index (χ0) is 39.6. The molecule has 316 valence electrons. The fourth-order valence-electron chi connectivity index (χ4n) is 5.74. The van der Waals surface area contributed by atoms with Crippen LogP contribution in [0.4, 0.5) is 0 Å². The van der Waals surface area contributed by atoms with Crippen molar-refractivity contribution < 1.29 is 43.0 Å². The maximum Gasteiger partial charge on any atom is 0.472 e. The maximum atomic E-state index is 12.6. The van der Waals surface area contributed by atoms with E-state index in [4.69, 9.17) is 23.6 Å². The van der Waals surface area contributed by atoms with E-state index in [2.05, 4.69) is 50.3 Å². The van der Waals surface area contributed by atoms with Gasteiger partial charge in [-0.2, -0.15) is 0 Å².